The van der Waals surface area contributed by atoms with Crippen LogP contribution in [-0.2, 0) is 4.79 Å². The van der Waals surface area contributed by atoms with Crippen molar-refractivity contribution in [3.05, 3.63) is 23.8 Å². The first kappa shape index (κ1) is 16.3. The Labute approximate surface area is 139 Å². The number of nitrogens with one attached hydrogen (secondary N) is 1. The maximum absolute atomic E-state index is 12.2. The summed E-state index contributed by atoms with van der Waals surface area (Å²) in [5.74, 6) is 0.768. The molecule has 1 aromatic rings. The van der Waals surface area contributed by atoms with Crippen LogP contribution < -0.4 is 10.2 Å². The fourth-order valence-electron chi connectivity index (χ4n) is 3.82. The number of amides is 1. The summed E-state index contributed by atoms with van der Waals surface area (Å²) >= 11 is 0. The van der Waals surface area contributed by atoms with Gasteiger partial charge in [0, 0.05) is 44.0 Å². The number of likely N-dealkylation sites (N-methyl/N-ethyl adjacent to an activating group) is 1. The van der Waals surface area contributed by atoms with Crippen molar-refractivity contribution in [3.8, 4) is 0 Å². The van der Waals surface area contributed by atoms with Crippen LogP contribution in [0.2, 0.25) is 0 Å². The average molecular weight is 315 g/mol. The van der Waals surface area contributed by atoms with Crippen LogP contribution in [0.15, 0.2) is 18.2 Å². The van der Waals surface area contributed by atoms with Crippen molar-refractivity contribution in [3.63, 3.8) is 0 Å². The highest BCUT2D eigenvalue weighted by Crippen LogP contribution is 2.28. The Bertz CT molecular complexity index is 544. The third kappa shape index (κ3) is 4.25. The van der Waals surface area contributed by atoms with Crippen molar-refractivity contribution in [1.29, 1.82) is 0 Å². The van der Waals surface area contributed by atoms with Gasteiger partial charge in [0.2, 0.25) is 5.91 Å². The molecule has 0 unspecified atom stereocenters. The van der Waals surface area contributed by atoms with Crippen molar-refractivity contribution in [2.45, 2.75) is 39.0 Å². The van der Waals surface area contributed by atoms with Crippen molar-refractivity contribution in [2.24, 2.45) is 5.92 Å². The first-order valence-electron chi connectivity index (χ1n) is 8.96. The van der Waals surface area contributed by atoms with Gasteiger partial charge < -0.3 is 15.1 Å². The van der Waals surface area contributed by atoms with E-state index in [0.717, 1.165) is 31.9 Å². The Morgan fingerprint density at radius 1 is 1.17 bits per heavy atom. The van der Waals surface area contributed by atoms with Gasteiger partial charge >= 0.3 is 0 Å². The topological polar surface area (TPSA) is 35.6 Å². The molecule has 1 aliphatic carbocycles. The lowest BCUT2D eigenvalue weighted by Crippen LogP contribution is -2.44. The monoisotopic (exact) mass is 315 g/mol. The molecule has 23 heavy (non-hydrogen) atoms. The summed E-state index contributed by atoms with van der Waals surface area (Å²) < 4.78 is 0. The van der Waals surface area contributed by atoms with E-state index in [2.05, 4.69) is 41.2 Å². The molecule has 1 amide bonds. The molecule has 0 spiro atoms. The van der Waals surface area contributed by atoms with E-state index in [1.165, 1.54) is 36.9 Å². The second-order valence-electron chi connectivity index (χ2n) is 7.19. The lowest BCUT2D eigenvalue weighted by atomic mass is 10.0. The molecule has 1 heterocycles. The maximum atomic E-state index is 12.2. The van der Waals surface area contributed by atoms with Gasteiger partial charge in [0.25, 0.3) is 0 Å². The molecule has 1 N–H and O–H groups in total. The van der Waals surface area contributed by atoms with Crippen LogP contribution in [0, 0.1) is 12.8 Å². The number of hydrogen-bond donors (Lipinski definition) is 1. The molecule has 4 nitrogen and oxygen atoms in total. The standard InChI is InChI=1S/C19H29N3O/c1-15-13-17(20-19(23)14-16-5-3-4-6-16)7-8-18(15)22-11-9-21(2)10-12-22/h7-8,13,16H,3-6,9-12,14H2,1-2H3,(H,20,23). The number of anilines is 2. The number of hydrogen-bond acceptors (Lipinski definition) is 3. The summed E-state index contributed by atoms with van der Waals surface area (Å²) in [6.45, 7) is 6.51. The van der Waals surface area contributed by atoms with E-state index in [4.69, 9.17) is 0 Å². The molecule has 1 aliphatic heterocycles. The van der Waals surface area contributed by atoms with Crippen LogP contribution in [0.3, 0.4) is 0 Å². The molecular formula is C19H29N3O. The smallest absolute Gasteiger partial charge is 0.224 e. The van der Waals surface area contributed by atoms with E-state index >= 15 is 0 Å². The Morgan fingerprint density at radius 3 is 2.52 bits per heavy atom. The number of nitrogens with zero attached hydrogens (tertiary/aromatic N) is 2. The van der Waals surface area contributed by atoms with Gasteiger partial charge in [-0.05, 0) is 56.5 Å². The van der Waals surface area contributed by atoms with Crippen molar-refractivity contribution in [1.82, 2.24) is 4.90 Å². The molecule has 0 bridgehead atoms. The minimum atomic E-state index is 0.170. The lowest BCUT2D eigenvalue weighted by molar-refractivity contribution is -0.117. The van der Waals surface area contributed by atoms with E-state index in [0.29, 0.717) is 12.3 Å². The van der Waals surface area contributed by atoms with Crippen LogP contribution in [-0.4, -0.2) is 44.0 Å². The van der Waals surface area contributed by atoms with Crippen LogP contribution in [0.5, 0.6) is 0 Å². The molecule has 1 saturated heterocycles. The molecule has 0 radical (unpaired) electrons. The van der Waals surface area contributed by atoms with Crippen molar-refractivity contribution in [2.75, 3.05) is 43.4 Å². The van der Waals surface area contributed by atoms with Gasteiger partial charge in [0.15, 0.2) is 0 Å². The molecule has 126 valence electrons. The molecule has 1 aromatic carbocycles. The van der Waals surface area contributed by atoms with Crippen molar-refractivity contribution < 1.29 is 4.79 Å². The molecule has 0 aromatic heterocycles. The van der Waals surface area contributed by atoms with E-state index < -0.39 is 0 Å². The summed E-state index contributed by atoms with van der Waals surface area (Å²) in [7, 11) is 2.17. The fourth-order valence-corrected chi connectivity index (χ4v) is 3.82. The molecular weight excluding hydrogens is 286 g/mol. The van der Waals surface area contributed by atoms with E-state index in [-0.39, 0.29) is 5.91 Å². The summed E-state index contributed by atoms with van der Waals surface area (Å²) in [4.78, 5) is 17.0. The lowest BCUT2D eigenvalue weighted by Gasteiger charge is -2.35. The number of aryl methyl sites for hydroxylation is 1. The van der Waals surface area contributed by atoms with Gasteiger partial charge in [0.1, 0.15) is 0 Å². The maximum Gasteiger partial charge on any atom is 0.224 e. The predicted molar refractivity (Wildman–Crippen MR) is 96.1 cm³/mol. The normalized spacial score (nSPS) is 20.0. The van der Waals surface area contributed by atoms with Crippen LogP contribution in [0.1, 0.15) is 37.7 Å². The minimum absolute atomic E-state index is 0.170. The first-order chi connectivity index (χ1) is 11.1. The van der Waals surface area contributed by atoms with Gasteiger partial charge in [-0.2, -0.15) is 0 Å². The number of benzene rings is 1. The SMILES string of the molecule is Cc1cc(NC(=O)CC2CCCC2)ccc1N1CCN(C)CC1. The number of piperazine rings is 1. The van der Waals surface area contributed by atoms with Gasteiger partial charge in [-0.1, -0.05) is 12.8 Å². The average Bonchev–Trinajstić information content (AvgIpc) is 3.01. The molecule has 3 rings (SSSR count). The summed E-state index contributed by atoms with van der Waals surface area (Å²) in [6.07, 6.45) is 5.69. The zero-order valence-electron chi connectivity index (χ0n) is 14.5. The molecule has 4 heteroatoms. The molecule has 2 fully saturated rings. The summed E-state index contributed by atoms with van der Waals surface area (Å²) in [6, 6.07) is 6.32. The zero-order chi connectivity index (χ0) is 16.2. The van der Waals surface area contributed by atoms with Crippen molar-refractivity contribution >= 4 is 17.3 Å². The quantitative estimate of drug-likeness (QED) is 0.926. The molecule has 1 saturated carbocycles. The molecule has 0 atom stereocenters. The van der Waals surface area contributed by atoms with Gasteiger partial charge in [0.05, 0.1) is 0 Å². The fraction of sp³-hybridized carbons (Fsp3) is 0.632. The Kier molecular flexibility index (Phi) is 5.21. The third-order valence-electron chi connectivity index (χ3n) is 5.27. The van der Waals surface area contributed by atoms with Gasteiger partial charge in [-0.3, -0.25) is 4.79 Å². The van der Waals surface area contributed by atoms with E-state index in [9.17, 15) is 4.79 Å². The highest BCUT2D eigenvalue weighted by molar-refractivity contribution is 5.91. The molecule has 2 aliphatic rings. The second-order valence-corrected chi connectivity index (χ2v) is 7.19. The second kappa shape index (κ2) is 7.35. The minimum Gasteiger partial charge on any atom is -0.369 e. The number of carbonyl (C=O) groups excluding carboxylic acids is 1. The third-order valence-corrected chi connectivity index (χ3v) is 5.27. The Morgan fingerprint density at radius 2 is 1.87 bits per heavy atom. The summed E-state index contributed by atoms with van der Waals surface area (Å²) in [5.41, 5.74) is 3.48. The predicted octanol–water partition coefficient (Wildman–Crippen LogP) is 3.27. The van der Waals surface area contributed by atoms with E-state index in [1.807, 2.05) is 6.07 Å². The van der Waals surface area contributed by atoms with Gasteiger partial charge in [-0.15, -0.1) is 0 Å². The first-order valence-corrected chi connectivity index (χ1v) is 8.96. The largest absolute Gasteiger partial charge is 0.369 e. The number of carbonyl (C=O) groups is 1. The van der Waals surface area contributed by atoms with E-state index in [1.54, 1.807) is 0 Å². The highest BCUT2D eigenvalue weighted by Gasteiger charge is 2.19. The summed E-state index contributed by atoms with van der Waals surface area (Å²) in [5, 5.41) is 3.08. The van der Waals surface area contributed by atoms with Crippen LogP contribution in [0.25, 0.3) is 0 Å². The van der Waals surface area contributed by atoms with Crippen LogP contribution >= 0.6 is 0 Å². The number of rotatable bonds is 4. The highest BCUT2D eigenvalue weighted by atomic mass is 16.1. The van der Waals surface area contributed by atoms with Gasteiger partial charge in [-0.25, -0.2) is 0 Å². The zero-order valence-corrected chi connectivity index (χ0v) is 14.5. The Hall–Kier alpha value is -1.55. The Balaban J connectivity index is 1.59. The van der Waals surface area contributed by atoms with Crippen LogP contribution in [0.4, 0.5) is 11.4 Å².